The number of nitrogens with zero attached hydrogens (tertiary/aromatic N) is 1. The van der Waals surface area contributed by atoms with E-state index in [0.29, 0.717) is 31.4 Å². The molecule has 0 aromatic heterocycles. The molecule has 132 valence electrons. The molecule has 1 amide bonds. The standard InChI is InChI=1S/C16H18F3NO4/c1-2-20(10-13(21)22)14(23)15(7-8-15)9-11-3-5-12(6-4-11)24-16(17,18)19/h3-6H,2,7-10H2,1H3,(H,21,22). The molecule has 0 saturated heterocycles. The number of hydrogen-bond acceptors (Lipinski definition) is 3. The smallest absolute Gasteiger partial charge is 0.480 e. The first-order valence-corrected chi connectivity index (χ1v) is 7.51. The molecule has 1 aliphatic carbocycles. The van der Waals surface area contributed by atoms with Crippen LogP contribution in [-0.4, -0.2) is 41.3 Å². The van der Waals surface area contributed by atoms with E-state index in [-0.39, 0.29) is 18.2 Å². The van der Waals surface area contributed by atoms with Crippen LogP contribution in [0.5, 0.6) is 5.75 Å². The first-order valence-electron chi connectivity index (χ1n) is 7.51. The Morgan fingerprint density at radius 3 is 2.25 bits per heavy atom. The third-order valence-corrected chi connectivity index (χ3v) is 4.00. The van der Waals surface area contributed by atoms with Crippen molar-refractivity contribution in [3.63, 3.8) is 0 Å². The molecule has 1 N–H and O–H groups in total. The number of carbonyl (C=O) groups is 2. The second-order valence-corrected chi connectivity index (χ2v) is 5.86. The molecule has 0 unspecified atom stereocenters. The number of rotatable bonds is 7. The van der Waals surface area contributed by atoms with Gasteiger partial charge < -0.3 is 14.7 Å². The summed E-state index contributed by atoms with van der Waals surface area (Å²) in [5, 5.41) is 8.86. The van der Waals surface area contributed by atoms with Crippen molar-refractivity contribution in [2.75, 3.05) is 13.1 Å². The Morgan fingerprint density at radius 2 is 1.83 bits per heavy atom. The number of ether oxygens (including phenoxy) is 1. The molecule has 0 heterocycles. The van der Waals surface area contributed by atoms with Gasteiger partial charge in [0.15, 0.2) is 0 Å². The molecule has 24 heavy (non-hydrogen) atoms. The Hall–Kier alpha value is -2.25. The fraction of sp³-hybridized carbons (Fsp3) is 0.500. The number of amides is 1. The summed E-state index contributed by atoms with van der Waals surface area (Å²) in [6.07, 6.45) is -3.09. The SMILES string of the molecule is CCN(CC(=O)O)C(=O)C1(Cc2ccc(OC(F)(F)F)cc2)CC1. The quantitative estimate of drug-likeness (QED) is 0.825. The van der Waals surface area contributed by atoms with Crippen LogP contribution in [0.25, 0.3) is 0 Å². The third kappa shape index (κ3) is 4.62. The third-order valence-electron chi connectivity index (χ3n) is 4.00. The van der Waals surface area contributed by atoms with E-state index in [1.807, 2.05) is 0 Å². The zero-order valence-corrected chi connectivity index (χ0v) is 13.1. The summed E-state index contributed by atoms with van der Waals surface area (Å²) in [5.41, 5.74) is 0.0689. The van der Waals surface area contributed by atoms with Crippen LogP contribution >= 0.6 is 0 Å². The van der Waals surface area contributed by atoms with Crippen molar-refractivity contribution in [2.45, 2.75) is 32.5 Å². The van der Waals surface area contributed by atoms with E-state index < -0.39 is 17.7 Å². The van der Waals surface area contributed by atoms with Crippen LogP contribution in [0.15, 0.2) is 24.3 Å². The minimum Gasteiger partial charge on any atom is -0.480 e. The predicted octanol–water partition coefficient (Wildman–Crippen LogP) is 2.84. The average Bonchev–Trinajstić information content (AvgIpc) is 3.25. The highest BCUT2D eigenvalue weighted by atomic mass is 19.4. The minimum absolute atomic E-state index is 0.219. The summed E-state index contributed by atoms with van der Waals surface area (Å²) in [7, 11) is 0. The molecule has 0 spiro atoms. The Kier molecular flexibility index (Phi) is 5.05. The first kappa shape index (κ1) is 18.1. The van der Waals surface area contributed by atoms with Crippen molar-refractivity contribution in [2.24, 2.45) is 5.41 Å². The van der Waals surface area contributed by atoms with Crippen LogP contribution in [-0.2, 0) is 16.0 Å². The Labute approximate surface area is 137 Å². The summed E-state index contributed by atoms with van der Waals surface area (Å²) in [4.78, 5) is 24.7. The number of carbonyl (C=O) groups excluding carboxylic acids is 1. The van der Waals surface area contributed by atoms with Crippen LogP contribution in [0, 0.1) is 5.41 Å². The molecule has 1 aromatic carbocycles. The fourth-order valence-corrected chi connectivity index (χ4v) is 2.64. The van der Waals surface area contributed by atoms with Crippen LogP contribution in [0.3, 0.4) is 0 Å². The summed E-state index contributed by atoms with van der Waals surface area (Å²) in [5.74, 6) is -1.61. The van der Waals surface area contributed by atoms with Gasteiger partial charge in [0.2, 0.25) is 5.91 Å². The normalized spacial score (nSPS) is 15.7. The van der Waals surface area contributed by atoms with Gasteiger partial charge in [-0.2, -0.15) is 0 Å². The molecule has 0 radical (unpaired) electrons. The monoisotopic (exact) mass is 345 g/mol. The van der Waals surface area contributed by atoms with Gasteiger partial charge in [-0.25, -0.2) is 0 Å². The van der Waals surface area contributed by atoms with E-state index in [2.05, 4.69) is 4.74 Å². The summed E-state index contributed by atoms with van der Waals surface area (Å²) >= 11 is 0. The summed E-state index contributed by atoms with van der Waals surface area (Å²) in [6, 6.07) is 5.39. The van der Waals surface area contributed by atoms with E-state index in [1.54, 1.807) is 6.92 Å². The lowest BCUT2D eigenvalue weighted by Crippen LogP contribution is -2.41. The molecule has 5 nitrogen and oxygen atoms in total. The molecule has 1 aliphatic rings. The van der Waals surface area contributed by atoms with Gasteiger partial charge in [-0.15, -0.1) is 13.2 Å². The Bertz CT molecular complexity index is 609. The summed E-state index contributed by atoms with van der Waals surface area (Å²) in [6.45, 7) is 1.65. The molecule has 0 atom stereocenters. The molecular weight excluding hydrogens is 327 g/mol. The number of alkyl halides is 3. The molecule has 1 fully saturated rings. The van der Waals surface area contributed by atoms with E-state index in [9.17, 15) is 22.8 Å². The van der Waals surface area contributed by atoms with Crippen LogP contribution in [0.1, 0.15) is 25.3 Å². The second-order valence-electron chi connectivity index (χ2n) is 5.86. The number of carboxylic acid groups (broad SMARTS) is 1. The number of likely N-dealkylation sites (N-methyl/N-ethyl adjacent to an activating group) is 1. The first-order chi connectivity index (χ1) is 11.1. The van der Waals surface area contributed by atoms with Crippen LogP contribution < -0.4 is 4.74 Å². The number of benzene rings is 1. The Morgan fingerprint density at radius 1 is 1.25 bits per heavy atom. The van der Waals surface area contributed by atoms with E-state index in [1.165, 1.54) is 29.2 Å². The van der Waals surface area contributed by atoms with Gasteiger partial charge in [0.05, 0.1) is 5.41 Å². The van der Waals surface area contributed by atoms with Crippen LogP contribution in [0.4, 0.5) is 13.2 Å². The maximum Gasteiger partial charge on any atom is 0.573 e. The van der Waals surface area contributed by atoms with E-state index >= 15 is 0 Å². The van der Waals surface area contributed by atoms with Crippen molar-refractivity contribution < 1.29 is 32.6 Å². The lowest BCUT2D eigenvalue weighted by atomic mass is 9.94. The zero-order chi connectivity index (χ0) is 18.0. The number of carboxylic acids is 1. The van der Waals surface area contributed by atoms with Crippen LogP contribution in [0.2, 0.25) is 0 Å². The molecular formula is C16H18F3NO4. The number of hydrogen-bond donors (Lipinski definition) is 1. The largest absolute Gasteiger partial charge is 0.573 e. The average molecular weight is 345 g/mol. The topological polar surface area (TPSA) is 66.8 Å². The summed E-state index contributed by atoms with van der Waals surface area (Å²) < 4.78 is 40.2. The van der Waals surface area contributed by atoms with Gasteiger partial charge in [-0.05, 0) is 43.9 Å². The van der Waals surface area contributed by atoms with E-state index in [4.69, 9.17) is 5.11 Å². The molecule has 8 heteroatoms. The molecule has 2 rings (SSSR count). The van der Waals surface area contributed by atoms with Gasteiger partial charge in [-0.3, -0.25) is 9.59 Å². The van der Waals surface area contributed by atoms with Crippen molar-refractivity contribution in [1.29, 1.82) is 0 Å². The van der Waals surface area contributed by atoms with Gasteiger partial charge >= 0.3 is 12.3 Å². The predicted molar refractivity (Wildman–Crippen MR) is 78.4 cm³/mol. The van der Waals surface area contributed by atoms with Crippen molar-refractivity contribution >= 4 is 11.9 Å². The lowest BCUT2D eigenvalue weighted by Gasteiger charge is -2.25. The maximum atomic E-state index is 12.5. The highest BCUT2D eigenvalue weighted by Gasteiger charge is 2.51. The number of halogens is 3. The number of aliphatic carboxylic acids is 1. The zero-order valence-electron chi connectivity index (χ0n) is 13.1. The highest BCUT2D eigenvalue weighted by molar-refractivity contribution is 5.88. The van der Waals surface area contributed by atoms with Crippen molar-refractivity contribution in [3.8, 4) is 5.75 Å². The molecule has 1 aromatic rings. The molecule has 0 bridgehead atoms. The van der Waals surface area contributed by atoms with Gasteiger partial charge in [0, 0.05) is 6.54 Å². The van der Waals surface area contributed by atoms with Crippen molar-refractivity contribution in [1.82, 2.24) is 4.90 Å². The van der Waals surface area contributed by atoms with Gasteiger partial charge in [0.25, 0.3) is 0 Å². The van der Waals surface area contributed by atoms with Gasteiger partial charge in [0.1, 0.15) is 12.3 Å². The highest BCUT2D eigenvalue weighted by Crippen LogP contribution is 2.50. The fourth-order valence-electron chi connectivity index (χ4n) is 2.64. The second kappa shape index (κ2) is 6.70. The van der Waals surface area contributed by atoms with Crippen molar-refractivity contribution in [3.05, 3.63) is 29.8 Å². The minimum atomic E-state index is -4.74. The maximum absolute atomic E-state index is 12.5. The molecule has 1 saturated carbocycles. The molecule has 0 aliphatic heterocycles. The lowest BCUT2D eigenvalue weighted by molar-refractivity contribution is -0.274. The van der Waals surface area contributed by atoms with Gasteiger partial charge in [-0.1, -0.05) is 12.1 Å². The van der Waals surface area contributed by atoms with E-state index in [0.717, 1.165) is 0 Å². The Balaban J connectivity index is 2.04.